The lowest BCUT2D eigenvalue weighted by Crippen LogP contribution is -2.03. The normalized spacial score (nSPS) is 10.6. The summed E-state index contributed by atoms with van der Waals surface area (Å²) >= 11 is 0. The van der Waals surface area contributed by atoms with Crippen LogP contribution < -0.4 is 0 Å². The molecule has 1 heterocycles. The van der Waals surface area contributed by atoms with Crippen molar-refractivity contribution in [1.29, 1.82) is 0 Å². The smallest absolute Gasteiger partial charge is 0.160 e. The van der Waals surface area contributed by atoms with E-state index in [-0.39, 0.29) is 0 Å². The molecule has 0 amide bonds. The first-order valence-corrected chi connectivity index (χ1v) is 8.36. The number of benzene rings is 3. The quantitative estimate of drug-likeness (QED) is 0.443. The largest absolute Gasteiger partial charge is 0.237 e. The van der Waals surface area contributed by atoms with Gasteiger partial charge in [-0.3, -0.25) is 0 Å². The molecular weight excluding hydrogens is 304 g/mol. The van der Waals surface area contributed by atoms with Crippen molar-refractivity contribution in [3.05, 3.63) is 108 Å². The molecule has 0 bridgehead atoms. The summed E-state index contributed by atoms with van der Waals surface area (Å²) in [5, 5.41) is 2.23. The highest BCUT2D eigenvalue weighted by Gasteiger charge is 2.09. The number of aliphatic imine (C=N–C) groups is 1. The van der Waals surface area contributed by atoms with Gasteiger partial charge in [-0.05, 0) is 24.4 Å². The molecule has 0 radical (unpaired) electrons. The van der Waals surface area contributed by atoms with Gasteiger partial charge in [0.25, 0.3) is 0 Å². The van der Waals surface area contributed by atoms with Crippen LogP contribution in [0.1, 0.15) is 16.7 Å². The second kappa shape index (κ2) is 6.70. The first-order chi connectivity index (χ1) is 12.3. The summed E-state index contributed by atoms with van der Waals surface area (Å²) in [5.74, 6) is 0.754. The Balaban J connectivity index is 1.96. The van der Waals surface area contributed by atoms with E-state index in [1.807, 2.05) is 48.7 Å². The molecule has 0 saturated carbocycles. The van der Waals surface area contributed by atoms with E-state index in [4.69, 9.17) is 4.99 Å². The fourth-order valence-electron chi connectivity index (χ4n) is 2.95. The molecule has 0 spiro atoms. The van der Waals surface area contributed by atoms with Crippen LogP contribution >= 0.6 is 0 Å². The van der Waals surface area contributed by atoms with Crippen molar-refractivity contribution < 1.29 is 0 Å². The third kappa shape index (κ3) is 3.20. The molecule has 4 rings (SSSR count). The van der Waals surface area contributed by atoms with Crippen LogP contribution in [-0.2, 0) is 0 Å². The molecule has 4 aromatic rings. The maximum absolute atomic E-state index is 4.97. The van der Waals surface area contributed by atoms with Gasteiger partial charge in [0.15, 0.2) is 5.82 Å². The molecule has 25 heavy (non-hydrogen) atoms. The van der Waals surface area contributed by atoms with Crippen LogP contribution in [0.25, 0.3) is 10.8 Å². The topological polar surface area (TPSA) is 25.2 Å². The van der Waals surface area contributed by atoms with E-state index >= 15 is 0 Å². The number of aromatic nitrogens is 1. The van der Waals surface area contributed by atoms with E-state index in [0.717, 1.165) is 33.4 Å². The van der Waals surface area contributed by atoms with E-state index in [1.54, 1.807) is 0 Å². The number of aryl methyl sites for hydroxylation is 1. The Morgan fingerprint density at radius 1 is 0.760 bits per heavy atom. The molecule has 0 atom stereocenters. The summed E-state index contributed by atoms with van der Waals surface area (Å²) in [6.07, 6.45) is 1.82. The number of nitrogens with zero attached hydrogens (tertiary/aromatic N) is 2. The predicted octanol–water partition coefficient (Wildman–Crippen LogP) is 5.71. The fourth-order valence-corrected chi connectivity index (χ4v) is 2.95. The van der Waals surface area contributed by atoms with Crippen molar-refractivity contribution in [2.24, 2.45) is 4.99 Å². The molecule has 0 aliphatic carbocycles. The maximum atomic E-state index is 4.97. The summed E-state index contributed by atoms with van der Waals surface area (Å²) in [6.45, 7) is 2.09. The van der Waals surface area contributed by atoms with Crippen LogP contribution in [0, 0.1) is 6.92 Å². The maximum Gasteiger partial charge on any atom is 0.160 e. The van der Waals surface area contributed by atoms with Crippen LogP contribution in [0.15, 0.2) is 96.1 Å². The zero-order valence-corrected chi connectivity index (χ0v) is 14.1. The first kappa shape index (κ1) is 15.3. The van der Waals surface area contributed by atoms with E-state index in [1.165, 1.54) is 5.56 Å². The Kier molecular flexibility index (Phi) is 4.09. The van der Waals surface area contributed by atoms with Gasteiger partial charge in [0, 0.05) is 22.7 Å². The van der Waals surface area contributed by atoms with E-state index in [9.17, 15) is 0 Å². The van der Waals surface area contributed by atoms with E-state index < -0.39 is 0 Å². The second-order valence-electron chi connectivity index (χ2n) is 6.05. The summed E-state index contributed by atoms with van der Waals surface area (Å²) in [4.78, 5) is 9.53. The summed E-state index contributed by atoms with van der Waals surface area (Å²) in [5.41, 5.74) is 4.31. The average molecular weight is 322 g/mol. The van der Waals surface area contributed by atoms with Crippen LogP contribution in [0.5, 0.6) is 0 Å². The Hall–Kier alpha value is -3.26. The molecule has 0 unspecified atom stereocenters. The molecule has 2 heteroatoms. The van der Waals surface area contributed by atoms with Gasteiger partial charge >= 0.3 is 0 Å². The molecule has 2 nitrogen and oxygen atoms in total. The zero-order valence-electron chi connectivity index (χ0n) is 14.1. The lowest BCUT2D eigenvalue weighted by atomic mass is 10.0. The number of hydrogen-bond acceptors (Lipinski definition) is 2. The monoisotopic (exact) mass is 322 g/mol. The average Bonchev–Trinajstić information content (AvgIpc) is 2.67. The molecule has 0 N–H and O–H groups in total. The van der Waals surface area contributed by atoms with E-state index in [2.05, 4.69) is 54.4 Å². The number of rotatable bonds is 3. The van der Waals surface area contributed by atoms with E-state index in [0.29, 0.717) is 0 Å². The molecule has 0 aliphatic heterocycles. The summed E-state index contributed by atoms with van der Waals surface area (Å²) in [6, 6.07) is 28.9. The number of pyridine rings is 1. The van der Waals surface area contributed by atoms with Crippen molar-refractivity contribution in [2.45, 2.75) is 6.92 Å². The van der Waals surface area contributed by atoms with Gasteiger partial charge in [-0.2, -0.15) is 0 Å². The molecular formula is C23H18N2. The fraction of sp³-hybridized carbons (Fsp3) is 0.0435. The Morgan fingerprint density at radius 3 is 2.04 bits per heavy atom. The van der Waals surface area contributed by atoms with Crippen molar-refractivity contribution in [3.8, 4) is 0 Å². The molecule has 120 valence electrons. The molecule has 0 fully saturated rings. The second-order valence-corrected chi connectivity index (χ2v) is 6.05. The van der Waals surface area contributed by atoms with Gasteiger partial charge in [0.2, 0.25) is 0 Å². The van der Waals surface area contributed by atoms with Crippen molar-refractivity contribution in [2.75, 3.05) is 0 Å². The van der Waals surface area contributed by atoms with Crippen LogP contribution in [0.3, 0.4) is 0 Å². The number of hydrogen-bond donors (Lipinski definition) is 0. The molecule has 3 aromatic carbocycles. The van der Waals surface area contributed by atoms with Crippen LogP contribution in [0.2, 0.25) is 0 Å². The van der Waals surface area contributed by atoms with Gasteiger partial charge in [0.1, 0.15) is 0 Å². The van der Waals surface area contributed by atoms with Gasteiger partial charge in [0.05, 0.1) is 5.71 Å². The highest BCUT2D eigenvalue weighted by Crippen LogP contribution is 2.26. The Morgan fingerprint density at radius 2 is 1.40 bits per heavy atom. The van der Waals surface area contributed by atoms with Gasteiger partial charge in [-0.1, -0.05) is 78.4 Å². The number of fused-ring (bicyclic) bond motifs is 1. The van der Waals surface area contributed by atoms with Crippen molar-refractivity contribution >= 4 is 22.3 Å². The standard InChI is InChI=1S/C23H18N2/c1-17-12-13-18-14-15-24-23(21(18)16-17)25-22(19-8-4-2-5-9-19)20-10-6-3-7-11-20/h2-16H,1H3. The minimum Gasteiger partial charge on any atom is -0.237 e. The highest BCUT2D eigenvalue weighted by atomic mass is 14.9. The third-order valence-electron chi connectivity index (χ3n) is 4.21. The van der Waals surface area contributed by atoms with Crippen molar-refractivity contribution in [3.63, 3.8) is 0 Å². The van der Waals surface area contributed by atoms with Crippen LogP contribution in [0.4, 0.5) is 5.82 Å². The van der Waals surface area contributed by atoms with Gasteiger partial charge in [-0.25, -0.2) is 9.98 Å². The Bertz CT molecular complexity index is 994. The summed E-state index contributed by atoms with van der Waals surface area (Å²) < 4.78 is 0. The third-order valence-corrected chi connectivity index (χ3v) is 4.21. The highest BCUT2D eigenvalue weighted by molar-refractivity contribution is 6.14. The van der Waals surface area contributed by atoms with Crippen molar-refractivity contribution in [1.82, 2.24) is 4.98 Å². The summed E-state index contributed by atoms with van der Waals surface area (Å²) in [7, 11) is 0. The lowest BCUT2D eigenvalue weighted by Gasteiger charge is -2.09. The predicted molar refractivity (Wildman–Crippen MR) is 105 cm³/mol. The Labute approximate surface area is 147 Å². The van der Waals surface area contributed by atoms with Gasteiger partial charge < -0.3 is 0 Å². The molecule has 0 saturated heterocycles. The van der Waals surface area contributed by atoms with Crippen LogP contribution in [-0.4, -0.2) is 10.7 Å². The zero-order chi connectivity index (χ0) is 17.1. The first-order valence-electron chi connectivity index (χ1n) is 8.36. The van der Waals surface area contributed by atoms with Gasteiger partial charge in [-0.15, -0.1) is 0 Å². The SMILES string of the molecule is Cc1ccc2ccnc(N=C(c3ccccc3)c3ccccc3)c2c1. The minimum atomic E-state index is 0.754. The minimum absolute atomic E-state index is 0.754. The molecule has 0 aliphatic rings. The lowest BCUT2D eigenvalue weighted by molar-refractivity contribution is 1.29. The molecule has 1 aromatic heterocycles.